The Morgan fingerprint density at radius 2 is 1.73 bits per heavy atom. The summed E-state index contributed by atoms with van der Waals surface area (Å²) in [6.45, 7) is 1.40. The lowest BCUT2D eigenvalue weighted by Crippen LogP contribution is -2.47. The molecule has 1 aliphatic heterocycles. The fourth-order valence-corrected chi connectivity index (χ4v) is 3.46. The van der Waals surface area contributed by atoms with Crippen LogP contribution in [0.25, 0.3) is 0 Å². The monoisotopic (exact) mass is 474 g/mol. The van der Waals surface area contributed by atoms with E-state index in [1.165, 1.54) is 26.4 Å². The molecule has 10 heteroatoms. The van der Waals surface area contributed by atoms with Crippen LogP contribution in [0.4, 0.5) is 4.79 Å². The second-order valence-electron chi connectivity index (χ2n) is 6.84. The zero-order valence-corrected chi connectivity index (χ0v) is 19.0. The number of esters is 2. The van der Waals surface area contributed by atoms with E-state index in [-0.39, 0.29) is 35.8 Å². The molecule has 1 aliphatic rings. The molecule has 3 rings (SSSR count). The van der Waals surface area contributed by atoms with Crippen molar-refractivity contribution in [1.82, 2.24) is 10.6 Å². The van der Waals surface area contributed by atoms with Gasteiger partial charge in [0.1, 0.15) is 23.7 Å². The SMILES string of the molecule is CCOC(=O)C1=C(COC(=O)c2cc(Cl)ccc2OC)NC(=O)NC1c1ccc(OC)cc1. The highest BCUT2D eigenvalue weighted by molar-refractivity contribution is 6.31. The molecule has 0 fully saturated rings. The molecule has 0 saturated heterocycles. The van der Waals surface area contributed by atoms with E-state index in [0.29, 0.717) is 16.3 Å². The molecule has 2 N–H and O–H groups in total. The van der Waals surface area contributed by atoms with Crippen LogP contribution in [0.3, 0.4) is 0 Å². The first kappa shape index (κ1) is 23.9. The number of hydrogen-bond donors (Lipinski definition) is 2. The largest absolute Gasteiger partial charge is 0.497 e. The molecule has 0 radical (unpaired) electrons. The van der Waals surface area contributed by atoms with Crippen LogP contribution in [0, 0.1) is 0 Å². The molecule has 2 aromatic rings. The van der Waals surface area contributed by atoms with Gasteiger partial charge in [0.25, 0.3) is 0 Å². The number of urea groups is 1. The number of nitrogens with one attached hydrogen (secondary N) is 2. The van der Waals surface area contributed by atoms with Crippen LogP contribution in [0.2, 0.25) is 5.02 Å². The molecule has 1 atom stereocenters. The van der Waals surface area contributed by atoms with Crippen LogP contribution >= 0.6 is 11.6 Å². The number of carbonyl (C=O) groups excluding carboxylic acids is 3. The van der Waals surface area contributed by atoms with E-state index in [0.717, 1.165) is 0 Å². The first-order chi connectivity index (χ1) is 15.9. The highest BCUT2D eigenvalue weighted by atomic mass is 35.5. The first-order valence-corrected chi connectivity index (χ1v) is 10.4. The van der Waals surface area contributed by atoms with E-state index in [1.807, 2.05) is 0 Å². The number of carbonyl (C=O) groups is 3. The number of amides is 2. The number of rotatable bonds is 8. The summed E-state index contributed by atoms with van der Waals surface area (Å²) in [5.41, 5.74) is 0.948. The van der Waals surface area contributed by atoms with Gasteiger partial charge in [-0.2, -0.15) is 0 Å². The average molecular weight is 475 g/mol. The minimum Gasteiger partial charge on any atom is -0.497 e. The standard InChI is InChI=1S/C23H23ClN2O7/c1-4-32-22(28)19-17(12-33-21(27)16-11-14(24)7-10-18(16)31-3)25-23(29)26-20(19)13-5-8-15(30-2)9-6-13/h5-11,20H,4,12H2,1-3H3,(H2,25,26,29). The maximum Gasteiger partial charge on any atom is 0.342 e. The van der Waals surface area contributed by atoms with Crippen LogP contribution in [0.1, 0.15) is 28.9 Å². The van der Waals surface area contributed by atoms with Crippen molar-refractivity contribution < 1.29 is 33.3 Å². The Labute approximate surface area is 195 Å². The fourth-order valence-electron chi connectivity index (χ4n) is 3.28. The number of benzene rings is 2. The van der Waals surface area contributed by atoms with Crippen molar-refractivity contribution >= 4 is 29.6 Å². The average Bonchev–Trinajstić information content (AvgIpc) is 2.82. The molecule has 0 saturated carbocycles. The van der Waals surface area contributed by atoms with E-state index < -0.39 is 24.0 Å². The summed E-state index contributed by atoms with van der Waals surface area (Å²) in [6.07, 6.45) is 0. The maximum absolute atomic E-state index is 12.8. The molecular weight excluding hydrogens is 452 g/mol. The second-order valence-corrected chi connectivity index (χ2v) is 7.27. The smallest absolute Gasteiger partial charge is 0.342 e. The van der Waals surface area contributed by atoms with Crippen molar-refractivity contribution in [2.45, 2.75) is 13.0 Å². The van der Waals surface area contributed by atoms with Crippen molar-refractivity contribution in [3.05, 3.63) is 69.9 Å². The van der Waals surface area contributed by atoms with Gasteiger partial charge in [0.05, 0.1) is 38.1 Å². The molecule has 33 heavy (non-hydrogen) atoms. The van der Waals surface area contributed by atoms with Gasteiger partial charge < -0.3 is 29.6 Å². The third-order valence-corrected chi connectivity index (χ3v) is 5.06. The van der Waals surface area contributed by atoms with Gasteiger partial charge in [0.2, 0.25) is 0 Å². The van der Waals surface area contributed by atoms with Crippen LogP contribution in [-0.4, -0.2) is 45.4 Å². The van der Waals surface area contributed by atoms with Gasteiger partial charge in [-0.15, -0.1) is 0 Å². The molecule has 0 bridgehead atoms. The van der Waals surface area contributed by atoms with Crippen LogP contribution < -0.4 is 20.1 Å². The Balaban J connectivity index is 1.94. The molecule has 1 unspecified atom stereocenters. The van der Waals surface area contributed by atoms with E-state index >= 15 is 0 Å². The van der Waals surface area contributed by atoms with Crippen molar-refractivity contribution in [1.29, 1.82) is 0 Å². The fraction of sp³-hybridized carbons (Fsp3) is 0.261. The van der Waals surface area contributed by atoms with Gasteiger partial charge in [-0.25, -0.2) is 14.4 Å². The summed E-state index contributed by atoms with van der Waals surface area (Å²) in [5.74, 6) is -0.504. The highest BCUT2D eigenvalue weighted by Crippen LogP contribution is 2.30. The predicted octanol–water partition coefficient (Wildman–Crippen LogP) is 3.39. The summed E-state index contributed by atoms with van der Waals surface area (Å²) >= 11 is 5.99. The third-order valence-electron chi connectivity index (χ3n) is 4.83. The molecule has 0 aliphatic carbocycles. The van der Waals surface area contributed by atoms with Gasteiger partial charge >= 0.3 is 18.0 Å². The zero-order chi connectivity index (χ0) is 24.0. The lowest BCUT2D eigenvalue weighted by molar-refractivity contribution is -0.139. The lowest BCUT2D eigenvalue weighted by atomic mass is 9.95. The number of methoxy groups -OCH3 is 2. The topological polar surface area (TPSA) is 112 Å². The molecule has 2 aromatic carbocycles. The van der Waals surface area contributed by atoms with Crippen molar-refractivity contribution in [2.24, 2.45) is 0 Å². The Morgan fingerprint density at radius 3 is 2.36 bits per heavy atom. The molecule has 174 valence electrons. The summed E-state index contributed by atoms with van der Waals surface area (Å²) < 4.78 is 20.9. The van der Waals surface area contributed by atoms with Crippen LogP contribution in [-0.2, 0) is 14.3 Å². The quantitative estimate of drug-likeness (QED) is 0.564. The van der Waals surface area contributed by atoms with Gasteiger partial charge in [0.15, 0.2) is 0 Å². The minimum atomic E-state index is -0.821. The maximum atomic E-state index is 12.8. The normalized spacial score (nSPS) is 15.3. The van der Waals surface area contributed by atoms with E-state index in [1.54, 1.807) is 37.3 Å². The summed E-state index contributed by atoms with van der Waals surface area (Å²) in [7, 11) is 2.94. The third kappa shape index (κ3) is 5.56. The Hall–Kier alpha value is -3.72. The van der Waals surface area contributed by atoms with Crippen molar-refractivity contribution in [2.75, 3.05) is 27.4 Å². The summed E-state index contributed by atoms with van der Waals surface area (Å²) in [4.78, 5) is 37.8. The molecule has 0 spiro atoms. The Bertz CT molecular complexity index is 1080. The van der Waals surface area contributed by atoms with Crippen LogP contribution in [0.5, 0.6) is 11.5 Å². The van der Waals surface area contributed by atoms with Gasteiger partial charge in [0, 0.05) is 5.02 Å². The zero-order valence-electron chi connectivity index (χ0n) is 18.3. The van der Waals surface area contributed by atoms with Gasteiger partial charge in [-0.1, -0.05) is 23.7 Å². The number of hydrogen-bond acceptors (Lipinski definition) is 7. The van der Waals surface area contributed by atoms with Crippen molar-refractivity contribution in [3.8, 4) is 11.5 Å². The highest BCUT2D eigenvalue weighted by Gasteiger charge is 2.34. The Morgan fingerprint density at radius 1 is 1.00 bits per heavy atom. The van der Waals surface area contributed by atoms with E-state index in [9.17, 15) is 14.4 Å². The second kappa shape index (κ2) is 10.7. The molecule has 0 aromatic heterocycles. The van der Waals surface area contributed by atoms with Crippen LogP contribution in [0.15, 0.2) is 53.7 Å². The summed E-state index contributed by atoms with van der Waals surface area (Å²) in [6, 6.07) is 9.98. The molecule has 1 heterocycles. The van der Waals surface area contributed by atoms with Crippen molar-refractivity contribution in [3.63, 3.8) is 0 Å². The van der Waals surface area contributed by atoms with E-state index in [4.69, 9.17) is 30.5 Å². The number of ether oxygens (including phenoxy) is 4. The lowest BCUT2D eigenvalue weighted by Gasteiger charge is -2.29. The Kier molecular flexibility index (Phi) is 7.78. The van der Waals surface area contributed by atoms with Gasteiger partial charge in [-0.05, 0) is 42.8 Å². The van der Waals surface area contributed by atoms with E-state index in [2.05, 4.69) is 10.6 Å². The molecule has 9 nitrogen and oxygen atoms in total. The molecule has 2 amide bonds. The molecular formula is C23H23ClN2O7. The number of halogens is 1. The summed E-state index contributed by atoms with van der Waals surface area (Å²) in [5, 5.41) is 5.57. The predicted molar refractivity (Wildman–Crippen MR) is 119 cm³/mol. The minimum absolute atomic E-state index is 0.104. The first-order valence-electron chi connectivity index (χ1n) is 10.00. The van der Waals surface area contributed by atoms with Gasteiger partial charge in [-0.3, -0.25) is 0 Å².